The third-order valence-electron chi connectivity index (χ3n) is 4.75. The minimum atomic E-state index is 0.628. The molecule has 0 amide bonds. The molecule has 0 aromatic rings. The van der Waals surface area contributed by atoms with E-state index in [-0.39, 0.29) is 0 Å². The van der Waals surface area contributed by atoms with Crippen molar-refractivity contribution in [2.75, 3.05) is 12.3 Å². The Hall–Kier alpha value is 0.270. The van der Waals surface area contributed by atoms with Crippen LogP contribution in [-0.2, 0) is 0 Å². The zero-order valence-corrected chi connectivity index (χ0v) is 17.6. The van der Waals surface area contributed by atoms with Gasteiger partial charge in [-0.3, -0.25) is 4.72 Å². The highest BCUT2D eigenvalue weighted by atomic mass is 32.2. The molecule has 24 heavy (non-hydrogen) atoms. The Balaban J connectivity index is 3.05. The van der Waals surface area contributed by atoms with Crippen molar-refractivity contribution in [1.29, 1.82) is 0 Å². The predicted octanol–water partition coefficient (Wildman–Crippen LogP) is 6.83. The largest absolute Gasteiger partial charge is 0.330 e. The van der Waals surface area contributed by atoms with Crippen LogP contribution in [0.2, 0.25) is 0 Å². The highest BCUT2D eigenvalue weighted by Crippen LogP contribution is 2.14. The van der Waals surface area contributed by atoms with E-state index >= 15 is 0 Å². The molecule has 3 N–H and O–H groups in total. The number of nitrogens with two attached hydrogens (primary N) is 1. The number of hydrogen-bond acceptors (Lipinski definition) is 3. The molecule has 0 rings (SSSR count). The van der Waals surface area contributed by atoms with Crippen LogP contribution in [0.15, 0.2) is 0 Å². The first-order valence-electron chi connectivity index (χ1n) is 10.9. The maximum atomic E-state index is 5.49. The zero-order chi connectivity index (χ0) is 17.7. The maximum Gasteiger partial charge on any atom is 0.0202 e. The molecule has 1 unspecified atom stereocenters. The van der Waals surface area contributed by atoms with Gasteiger partial charge in [-0.2, -0.15) is 0 Å². The fraction of sp³-hybridized carbons (Fsp3) is 1.00. The quantitative estimate of drug-likeness (QED) is 0.185. The van der Waals surface area contributed by atoms with Crippen LogP contribution in [0.25, 0.3) is 0 Å². The lowest BCUT2D eigenvalue weighted by Crippen LogP contribution is -2.20. The summed E-state index contributed by atoms with van der Waals surface area (Å²) in [6.07, 6.45) is 22.9. The number of unbranched alkanes of at least 4 members (excludes halogenated alkanes) is 14. The Morgan fingerprint density at radius 2 is 1.12 bits per heavy atom. The van der Waals surface area contributed by atoms with Crippen LogP contribution < -0.4 is 10.5 Å². The van der Waals surface area contributed by atoms with Gasteiger partial charge in [-0.1, -0.05) is 115 Å². The molecular weight excluding hydrogens is 312 g/mol. The summed E-state index contributed by atoms with van der Waals surface area (Å²) in [5.41, 5.74) is 5.49. The molecule has 0 spiro atoms. The summed E-state index contributed by atoms with van der Waals surface area (Å²) in [5, 5.41) is 0. The molecule has 0 aromatic carbocycles. The van der Waals surface area contributed by atoms with E-state index in [0.717, 1.165) is 12.3 Å². The van der Waals surface area contributed by atoms with Crippen molar-refractivity contribution >= 4 is 11.9 Å². The summed E-state index contributed by atoms with van der Waals surface area (Å²) in [6.45, 7) is 5.35. The van der Waals surface area contributed by atoms with Gasteiger partial charge in [0.1, 0.15) is 0 Å². The van der Waals surface area contributed by atoms with E-state index in [1.165, 1.54) is 103 Å². The standard InChI is InChI=1S/C21H46N2S/c1-3-4-5-6-7-8-9-10-11-12-13-14-15-16-17-18-21(2)23-24-20-19-22/h21,23H,3-20,22H2,1-2H3. The van der Waals surface area contributed by atoms with E-state index in [2.05, 4.69) is 18.6 Å². The van der Waals surface area contributed by atoms with Crippen LogP contribution in [0.1, 0.15) is 117 Å². The Morgan fingerprint density at radius 3 is 1.54 bits per heavy atom. The fourth-order valence-electron chi connectivity index (χ4n) is 3.14. The maximum absolute atomic E-state index is 5.49. The summed E-state index contributed by atoms with van der Waals surface area (Å²) in [4.78, 5) is 0. The average Bonchev–Trinajstić information content (AvgIpc) is 2.58. The molecule has 0 aromatic heterocycles. The first-order chi connectivity index (χ1) is 11.8. The van der Waals surface area contributed by atoms with Crippen LogP contribution in [0.5, 0.6) is 0 Å². The third-order valence-corrected chi connectivity index (χ3v) is 5.75. The minimum absolute atomic E-state index is 0.628. The summed E-state index contributed by atoms with van der Waals surface area (Å²) in [5.74, 6) is 1.02. The van der Waals surface area contributed by atoms with Gasteiger partial charge in [-0.25, -0.2) is 0 Å². The molecule has 0 aliphatic heterocycles. The van der Waals surface area contributed by atoms with Gasteiger partial charge in [0, 0.05) is 18.3 Å². The van der Waals surface area contributed by atoms with Crippen molar-refractivity contribution in [2.24, 2.45) is 5.73 Å². The normalized spacial score (nSPS) is 12.6. The van der Waals surface area contributed by atoms with Crippen LogP contribution in [0, 0.1) is 0 Å². The summed E-state index contributed by atoms with van der Waals surface area (Å²) in [7, 11) is 0. The van der Waals surface area contributed by atoms with E-state index in [1.807, 2.05) is 0 Å². The van der Waals surface area contributed by atoms with Gasteiger partial charge in [-0.15, -0.1) is 0 Å². The zero-order valence-electron chi connectivity index (χ0n) is 16.8. The predicted molar refractivity (Wildman–Crippen MR) is 114 cm³/mol. The SMILES string of the molecule is CCCCCCCCCCCCCCCCCC(C)NSCCN. The van der Waals surface area contributed by atoms with Gasteiger partial charge in [-0.05, 0) is 13.3 Å². The molecule has 2 nitrogen and oxygen atoms in total. The van der Waals surface area contributed by atoms with Crippen molar-refractivity contribution in [2.45, 2.75) is 123 Å². The van der Waals surface area contributed by atoms with E-state index in [0.29, 0.717) is 6.04 Å². The molecule has 1 atom stereocenters. The molecule has 0 saturated carbocycles. The van der Waals surface area contributed by atoms with Crippen molar-refractivity contribution in [3.05, 3.63) is 0 Å². The Labute approximate surface area is 157 Å². The Kier molecular flexibility index (Phi) is 21.6. The molecule has 0 aliphatic rings. The minimum Gasteiger partial charge on any atom is -0.330 e. The lowest BCUT2D eigenvalue weighted by atomic mass is 10.0. The Bertz CT molecular complexity index is 224. The van der Waals surface area contributed by atoms with Gasteiger partial charge in [0.2, 0.25) is 0 Å². The van der Waals surface area contributed by atoms with Gasteiger partial charge >= 0.3 is 0 Å². The number of rotatable bonds is 20. The summed E-state index contributed by atoms with van der Waals surface area (Å²) < 4.78 is 3.47. The molecule has 3 heteroatoms. The van der Waals surface area contributed by atoms with E-state index < -0.39 is 0 Å². The molecule has 146 valence electrons. The second-order valence-electron chi connectivity index (χ2n) is 7.39. The van der Waals surface area contributed by atoms with Crippen molar-refractivity contribution in [3.63, 3.8) is 0 Å². The number of hydrogen-bond donors (Lipinski definition) is 2. The molecular formula is C21H46N2S. The van der Waals surface area contributed by atoms with Crippen molar-refractivity contribution in [1.82, 2.24) is 4.72 Å². The smallest absolute Gasteiger partial charge is 0.0202 e. The van der Waals surface area contributed by atoms with Crippen molar-refractivity contribution < 1.29 is 0 Å². The van der Waals surface area contributed by atoms with Crippen LogP contribution >= 0.6 is 11.9 Å². The molecule has 0 aliphatic carbocycles. The van der Waals surface area contributed by atoms with E-state index in [1.54, 1.807) is 11.9 Å². The highest BCUT2D eigenvalue weighted by molar-refractivity contribution is 7.97. The lowest BCUT2D eigenvalue weighted by Gasteiger charge is -2.12. The number of nitrogens with one attached hydrogen (secondary N) is 1. The second kappa shape index (κ2) is 21.3. The first-order valence-corrected chi connectivity index (χ1v) is 11.9. The molecule has 0 bridgehead atoms. The van der Waals surface area contributed by atoms with Crippen LogP contribution in [0.4, 0.5) is 0 Å². The summed E-state index contributed by atoms with van der Waals surface area (Å²) in [6, 6.07) is 0.628. The van der Waals surface area contributed by atoms with Gasteiger partial charge < -0.3 is 5.73 Å². The fourth-order valence-corrected chi connectivity index (χ4v) is 3.78. The van der Waals surface area contributed by atoms with E-state index in [9.17, 15) is 0 Å². The third kappa shape index (κ3) is 20.3. The molecule has 0 heterocycles. The second-order valence-corrected chi connectivity index (χ2v) is 8.33. The molecule has 0 fully saturated rings. The Morgan fingerprint density at radius 1 is 0.708 bits per heavy atom. The monoisotopic (exact) mass is 358 g/mol. The molecule has 0 saturated heterocycles. The van der Waals surface area contributed by atoms with Crippen molar-refractivity contribution in [3.8, 4) is 0 Å². The molecule has 0 radical (unpaired) electrons. The van der Waals surface area contributed by atoms with Crippen LogP contribution in [-0.4, -0.2) is 18.3 Å². The van der Waals surface area contributed by atoms with Gasteiger partial charge in [0.05, 0.1) is 0 Å². The van der Waals surface area contributed by atoms with Crippen LogP contribution in [0.3, 0.4) is 0 Å². The lowest BCUT2D eigenvalue weighted by molar-refractivity contribution is 0.517. The average molecular weight is 359 g/mol. The summed E-state index contributed by atoms with van der Waals surface area (Å²) >= 11 is 1.77. The first kappa shape index (κ1) is 24.3. The van der Waals surface area contributed by atoms with Gasteiger partial charge in [0.25, 0.3) is 0 Å². The highest BCUT2D eigenvalue weighted by Gasteiger charge is 2.00. The van der Waals surface area contributed by atoms with Gasteiger partial charge in [0.15, 0.2) is 0 Å². The topological polar surface area (TPSA) is 38.0 Å². The van der Waals surface area contributed by atoms with E-state index in [4.69, 9.17) is 5.73 Å².